The van der Waals surface area contributed by atoms with Crippen molar-refractivity contribution >= 4 is 28.7 Å². The van der Waals surface area contributed by atoms with Gasteiger partial charge in [0.25, 0.3) is 5.69 Å². The summed E-state index contributed by atoms with van der Waals surface area (Å²) in [7, 11) is 1.43. The number of non-ortho nitro benzene ring substituents is 1. The van der Waals surface area contributed by atoms with Gasteiger partial charge < -0.3 is 14.5 Å². The number of nitro groups is 1. The van der Waals surface area contributed by atoms with Crippen LogP contribution in [0.1, 0.15) is 5.56 Å². The van der Waals surface area contributed by atoms with Gasteiger partial charge in [-0.3, -0.25) is 15.0 Å². The van der Waals surface area contributed by atoms with Crippen LogP contribution in [0.15, 0.2) is 46.6 Å². The van der Waals surface area contributed by atoms with Crippen molar-refractivity contribution in [3.63, 3.8) is 0 Å². The second kappa shape index (κ2) is 10.6. The summed E-state index contributed by atoms with van der Waals surface area (Å²) in [5, 5.41) is 23.4. The van der Waals surface area contributed by atoms with Gasteiger partial charge in [-0.05, 0) is 36.7 Å². The van der Waals surface area contributed by atoms with Crippen LogP contribution >= 0.6 is 11.6 Å². The van der Waals surface area contributed by atoms with Crippen molar-refractivity contribution in [2.45, 2.75) is 6.42 Å². The number of nitrogens with zero attached hydrogens (tertiary/aromatic N) is 5. The first kappa shape index (κ1) is 23.6. The highest BCUT2D eigenvalue weighted by atomic mass is 35.5. The molecule has 3 aliphatic rings. The van der Waals surface area contributed by atoms with Gasteiger partial charge in [0.1, 0.15) is 11.4 Å². The third-order valence-corrected chi connectivity index (χ3v) is 6.98. The lowest BCUT2D eigenvalue weighted by atomic mass is 10.1. The fourth-order valence-electron chi connectivity index (χ4n) is 4.50. The quantitative estimate of drug-likeness (QED) is 0.185. The zero-order chi connectivity index (χ0) is 23.3. The van der Waals surface area contributed by atoms with Gasteiger partial charge in [0.2, 0.25) is 0 Å². The molecule has 3 aliphatic heterocycles. The second-order valence-corrected chi connectivity index (χ2v) is 9.08. The van der Waals surface area contributed by atoms with Crippen LogP contribution in [0.2, 0.25) is 5.02 Å². The number of hydrogen-bond acceptors (Lipinski definition) is 7. The maximum absolute atomic E-state index is 10.9. The minimum atomic E-state index is -0.481. The van der Waals surface area contributed by atoms with Crippen LogP contribution in [0.5, 0.6) is 5.75 Å². The second-order valence-electron chi connectivity index (χ2n) is 8.68. The van der Waals surface area contributed by atoms with Crippen molar-refractivity contribution in [3.8, 4) is 5.75 Å². The van der Waals surface area contributed by atoms with E-state index in [2.05, 4.69) is 20.4 Å². The van der Waals surface area contributed by atoms with Gasteiger partial charge in [-0.2, -0.15) is 0 Å². The summed E-state index contributed by atoms with van der Waals surface area (Å²) in [6.07, 6.45) is 0.890. The number of ether oxygens (including phenoxy) is 1. The van der Waals surface area contributed by atoms with Gasteiger partial charge >= 0.3 is 0 Å². The summed E-state index contributed by atoms with van der Waals surface area (Å²) in [6.45, 7) is 10.8. The van der Waals surface area contributed by atoms with E-state index in [1.165, 1.54) is 75.6 Å². The minimum absolute atomic E-state index is 0.0653. The molecule has 2 bridgehead atoms. The molecule has 0 amide bonds. The van der Waals surface area contributed by atoms with Gasteiger partial charge in [0.05, 0.1) is 49.3 Å². The highest BCUT2D eigenvalue weighted by Crippen LogP contribution is 2.34. The van der Waals surface area contributed by atoms with Crippen LogP contribution in [-0.4, -0.2) is 80.3 Å². The molecule has 0 radical (unpaired) electrons. The summed E-state index contributed by atoms with van der Waals surface area (Å²) >= 11 is 6.42. The average Bonchev–Trinajstić information content (AvgIpc) is 2.84. The van der Waals surface area contributed by atoms with Crippen LogP contribution in [0.3, 0.4) is 0 Å². The predicted molar refractivity (Wildman–Crippen MR) is 128 cm³/mol. The lowest BCUT2D eigenvalue weighted by molar-refractivity contribution is -0.939. The Morgan fingerprint density at radius 3 is 2.45 bits per heavy atom. The number of azo groups is 1. The highest BCUT2D eigenvalue weighted by molar-refractivity contribution is 6.33. The number of nitro benzene ring substituents is 1. The Morgan fingerprint density at radius 2 is 1.79 bits per heavy atom. The fraction of sp³-hybridized carbons (Fsp3) is 0.478. The Morgan fingerprint density at radius 1 is 1.09 bits per heavy atom. The van der Waals surface area contributed by atoms with Crippen molar-refractivity contribution in [3.05, 3.63) is 57.1 Å². The molecule has 0 saturated carbocycles. The normalized spacial score (nSPS) is 22.1. The van der Waals surface area contributed by atoms with Gasteiger partial charge in [-0.1, -0.05) is 17.7 Å². The van der Waals surface area contributed by atoms with Crippen LogP contribution in [-0.2, 0) is 6.42 Å². The number of quaternary nitrogens is 1. The number of methoxy groups -OCH3 is 1. The smallest absolute Gasteiger partial charge is 0.273 e. The summed E-state index contributed by atoms with van der Waals surface area (Å²) in [4.78, 5) is 13.0. The van der Waals surface area contributed by atoms with E-state index in [0.717, 1.165) is 25.1 Å². The first-order valence-corrected chi connectivity index (χ1v) is 11.7. The average molecular weight is 474 g/mol. The molecule has 176 valence electrons. The van der Waals surface area contributed by atoms with Gasteiger partial charge in [0, 0.05) is 32.2 Å². The number of fused-ring (bicyclic) bond motifs is 3. The Hall–Kier alpha value is -2.59. The largest absolute Gasteiger partial charge is 0.494 e. The van der Waals surface area contributed by atoms with E-state index in [-0.39, 0.29) is 11.4 Å². The van der Waals surface area contributed by atoms with Gasteiger partial charge in [-0.15, -0.1) is 10.2 Å². The standard InChI is InChI=1S/C23H30ClN6O3/c1-33-23-17-19(29(31)32)3-5-22(23)27-26-21-4-2-18(16-20(21)24)6-7-25-8-12-30-13-9-28(10-14-30)11-15-30/h2-5,16-17,25H,6-15H2,1H3/q+1. The third kappa shape index (κ3) is 5.86. The first-order valence-electron chi connectivity index (χ1n) is 11.3. The van der Waals surface area contributed by atoms with E-state index < -0.39 is 4.92 Å². The van der Waals surface area contributed by atoms with E-state index in [9.17, 15) is 10.1 Å². The maximum atomic E-state index is 10.9. The topological polar surface area (TPSA) is 92.4 Å². The SMILES string of the molecule is COc1cc([N+](=O)[O-])ccc1N=Nc1ccc(CCNCC[N+]23CCN(CC2)CC3)cc1Cl. The van der Waals surface area contributed by atoms with Crippen molar-refractivity contribution in [1.29, 1.82) is 0 Å². The number of benzene rings is 2. The van der Waals surface area contributed by atoms with Crippen molar-refractivity contribution in [1.82, 2.24) is 10.2 Å². The molecule has 0 aromatic heterocycles. The Labute approximate surface area is 198 Å². The molecular weight excluding hydrogens is 444 g/mol. The molecule has 3 heterocycles. The number of nitrogens with one attached hydrogen (secondary N) is 1. The van der Waals surface area contributed by atoms with E-state index in [1.807, 2.05) is 18.2 Å². The predicted octanol–water partition coefficient (Wildman–Crippen LogP) is 3.95. The molecular formula is C23H30ClN6O3+. The van der Waals surface area contributed by atoms with Crippen molar-refractivity contribution < 1.29 is 14.1 Å². The summed E-state index contributed by atoms with van der Waals surface area (Å²) in [5.74, 6) is 0.281. The molecule has 3 saturated heterocycles. The molecule has 0 unspecified atom stereocenters. The molecule has 9 nitrogen and oxygen atoms in total. The number of rotatable bonds is 10. The number of hydrogen-bond donors (Lipinski definition) is 1. The van der Waals surface area contributed by atoms with E-state index in [1.54, 1.807) is 0 Å². The molecule has 10 heteroatoms. The Kier molecular flexibility index (Phi) is 7.54. The van der Waals surface area contributed by atoms with Crippen molar-refractivity contribution in [2.24, 2.45) is 10.2 Å². The monoisotopic (exact) mass is 473 g/mol. The first-order chi connectivity index (χ1) is 16.0. The number of halogens is 1. The molecule has 0 atom stereocenters. The maximum Gasteiger partial charge on any atom is 0.273 e. The van der Waals surface area contributed by atoms with E-state index in [0.29, 0.717) is 16.4 Å². The van der Waals surface area contributed by atoms with Crippen LogP contribution in [0.25, 0.3) is 0 Å². The third-order valence-electron chi connectivity index (χ3n) is 6.68. The molecule has 1 N–H and O–H groups in total. The molecule has 2 aromatic rings. The molecule has 0 spiro atoms. The lowest BCUT2D eigenvalue weighted by Gasteiger charge is -2.50. The zero-order valence-corrected chi connectivity index (χ0v) is 19.6. The minimum Gasteiger partial charge on any atom is -0.494 e. The molecule has 2 aromatic carbocycles. The van der Waals surface area contributed by atoms with E-state index in [4.69, 9.17) is 16.3 Å². The Balaban J connectivity index is 1.28. The van der Waals surface area contributed by atoms with Gasteiger partial charge in [-0.25, -0.2) is 0 Å². The summed E-state index contributed by atoms with van der Waals surface area (Å²) in [5.41, 5.74) is 2.00. The highest BCUT2D eigenvalue weighted by Gasteiger charge is 2.37. The van der Waals surface area contributed by atoms with Crippen LogP contribution in [0, 0.1) is 10.1 Å². The van der Waals surface area contributed by atoms with Crippen LogP contribution < -0.4 is 10.1 Å². The van der Waals surface area contributed by atoms with Crippen LogP contribution in [0.4, 0.5) is 17.1 Å². The fourth-order valence-corrected chi connectivity index (χ4v) is 4.74. The molecule has 33 heavy (non-hydrogen) atoms. The summed E-state index contributed by atoms with van der Waals surface area (Å²) in [6, 6.07) is 9.94. The van der Waals surface area contributed by atoms with Gasteiger partial charge in [0.15, 0.2) is 5.75 Å². The molecule has 3 fully saturated rings. The Bertz CT molecular complexity index is 1010. The number of piperazine rings is 3. The summed E-state index contributed by atoms with van der Waals surface area (Å²) < 4.78 is 6.46. The lowest BCUT2D eigenvalue weighted by Crippen LogP contribution is -2.68. The zero-order valence-electron chi connectivity index (χ0n) is 18.9. The molecule has 0 aliphatic carbocycles. The molecule has 5 rings (SSSR count). The van der Waals surface area contributed by atoms with E-state index >= 15 is 0 Å². The van der Waals surface area contributed by atoms with Crippen molar-refractivity contribution in [2.75, 3.05) is 66.0 Å².